The monoisotopic (exact) mass is 365 g/mol. The summed E-state index contributed by atoms with van der Waals surface area (Å²) in [5, 5.41) is 13.2. The summed E-state index contributed by atoms with van der Waals surface area (Å²) in [5.41, 5.74) is 0.237. The van der Waals surface area contributed by atoms with Crippen molar-refractivity contribution >= 4 is 45.3 Å². The van der Waals surface area contributed by atoms with Gasteiger partial charge < -0.3 is 9.94 Å². The topological polar surface area (TPSA) is 72.3 Å². The van der Waals surface area contributed by atoms with Crippen molar-refractivity contribution in [2.45, 2.75) is 26.4 Å². The van der Waals surface area contributed by atoms with Gasteiger partial charge >= 0.3 is 6.09 Å². The maximum atomic E-state index is 14.2. The Bertz CT molecular complexity index is 994. The van der Waals surface area contributed by atoms with Crippen LogP contribution in [0.15, 0.2) is 24.4 Å². The normalized spacial score (nSPS) is 11.9. The van der Waals surface area contributed by atoms with Gasteiger partial charge in [0.05, 0.1) is 16.1 Å². The molecule has 3 aromatic rings. The number of carbonyl (C=O) groups is 1. The predicted octanol–water partition coefficient (Wildman–Crippen LogP) is 4.12. The van der Waals surface area contributed by atoms with Crippen molar-refractivity contribution in [1.82, 2.24) is 4.98 Å². The molecule has 25 heavy (non-hydrogen) atoms. The van der Waals surface area contributed by atoms with Crippen LogP contribution in [0.25, 0.3) is 21.9 Å². The van der Waals surface area contributed by atoms with Crippen LogP contribution in [-0.2, 0) is 4.74 Å². The summed E-state index contributed by atoms with van der Waals surface area (Å²) in [6, 6.07) is 4.07. The van der Waals surface area contributed by atoms with E-state index in [1.54, 1.807) is 26.8 Å². The van der Waals surface area contributed by atoms with E-state index in [9.17, 15) is 14.4 Å². The summed E-state index contributed by atoms with van der Waals surface area (Å²) in [6.07, 6.45) is 0.568. The quantitative estimate of drug-likeness (QED) is 0.521. The Kier molecular flexibility index (Phi) is 3.99. The van der Waals surface area contributed by atoms with Crippen LogP contribution < -0.4 is 9.63 Å². The second-order valence-corrected chi connectivity index (χ2v) is 7.19. The third-order valence-electron chi connectivity index (χ3n) is 3.64. The number of aromatic amines is 1. The first kappa shape index (κ1) is 17.3. The van der Waals surface area contributed by atoms with Crippen molar-refractivity contribution in [3.8, 4) is 0 Å². The number of nitrogens with one attached hydrogen (secondary N) is 1. The minimum absolute atomic E-state index is 0.226. The molecule has 0 atom stereocenters. The Morgan fingerprint density at radius 1 is 1.32 bits per heavy atom. The van der Waals surface area contributed by atoms with E-state index < -0.39 is 17.5 Å². The minimum Gasteiger partial charge on any atom is -0.711 e. The first-order valence-corrected chi connectivity index (χ1v) is 7.95. The first-order valence-electron chi connectivity index (χ1n) is 7.57. The molecule has 0 aliphatic carbocycles. The van der Waals surface area contributed by atoms with E-state index in [4.69, 9.17) is 16.3 Å². The molecule has 6 nitrogen and oxygen atoms in total. The van der Waals surface area contributed by atoms with Crippen LogP contribution in [0.5, 0.6) is 0 Å². The lowest BCUT2D eigenvalue weighted by atomic mass is 10.1. The van der Waals surface area contributed by atoms with Gasteiger partial charge in [0, 0.05) is 18.5 Å². The maximum absolute atomic E-state index is 14.2. The molecule has 0 saturated heterocycles. The molecule has 132 valence electrons. The number of hydrogen-bond acceptors (Lipinski definition) is 3. The molecule has 2 aromatic heterocycles. The summed E-state index contributed by atoms with van der Waals surface area (Å²) in [6.45, 7) is 5.22. The van der Waals surface area contributed by atoms with Gasteiger partial charge in [-0.1, -0.05) is 11.6 Å². The highest BCUT2D eigenvalue weighted by Gasteiger charge is 2.25. The van der Waals surface area contributed by atoms with Gasteiger partial charge in [0.2, 0.25) is 0 Å². The number of ether oxygens (including phenoxy) is 1. The van der Waals surface area contributed by atoms with Gasteiger partial charge in [-0.2, -0.15) is 0 Å². The van der Waals surface area contributed by atoms with Gasteiger partial charge in [-0.3, -0.25) is 4.90 Å². The van der Waals surface area contributed by atoms with E-state index in [1.807, 2.05) is 0 Å². The number of halogens is 2. The Hall–Kier alpha value is -2.54. The molecule has 0 unspecified atom stereocenters. The van der Waals surface area contributed by atoms with E-state index in [2.05, 4.69) is 4.98 Å². The SMILES string of the molecule is CN(C(=O)OC(C)(C)C)c1cc(F)cc2c1[nH]c1c2cc(Cl)c[n+]1[O-]. The number of carbonyl (C=O) groups excluding carboxylic acids is 1. The van der Waals surface area contributed by atoms with Crippen molar-refractivity contribution in [1.29, 1.82) is 0 Å². The van der Waals surface area contributed by atoms with E-state index in [1.165, 1.54) is 30.3 Å². The van der Waals surface area contributed by atoms with Gasteiger partial charge in [-0.15, -0.1) is 0 Å². The molecular weight excluding hydrogens is 349 g/mol. The molecule has 2 heterocycles. The second-order valence-electron chi connectivity index (χ2n) is 6.76. The van der Waals surface area contributed by atoms with E-state index >= 15 is 0 Å². The third-order valence-corrected chi connectivity index (χ3v) is 3.85. The van der Waals surface area contributed by atoms with Gasteiger partial charge in [-0.25, -0.2) is 18.9 Å². The molecular formula is C17H17ClFN3O3. The summed E-state index contributed by atoms with van der Waals surface area (Å²) < 4.78 is 20.1. The number of fused-ring (bicyclic) bond motifs is 3. The van der Waals surface area contributed by atoms with Crippen LogP contribution in [0.4, 0.5) is 14.9 Å². The minimum atomic E-state index is -0.691. The summed E-state index contributed by atoms with van der Waals surface area (Å²) >= 11 is 5.93. The van der Waals surface area contributed by atoms with E-state index in [0.717, 1.165) is 0 Å². The molecule has 0 aliphatic rings. The molecule has 0 spiro atoms. The zero-order chi connectivity index (χ0) is 18.5. The molecule has 8 heteroatoms. The predicted molar refractivity (Wildman–Crippen MR) is 94.4 cm³/mol. The zero-order valence-electron chi connectivity index (χ0n) is 14.2. The molecule has 0 fully saturated rings. The maximum Gasteiger partial charge on any atom is 0.414 e. The number of amides is 1. The Balaban J connectivity index is 2.22. The lowest BCUT2D eigenvalue weighted by molar-refractivity contribution is -0.578. The number of benzene rings is 1. The fourth-order valence-corrected chi connectivity index (χ4v) is 2.81. The summed E-state index contributed by atoms with van der Waals surface area (Å²) in [7, 11) is 1.48. The van der Waals surface area contributed by atoms with E-state index in [0.29, 0.717) is 21.0 Å². The zero-order valence-corrected chi connectivity index (χ0v) is 14.9. The highest BCUT2D eigenvalue weighted by atomic mass is 35.5. The average Bonchev–Trinajstić information content (AvgIpc) is 2.83. The van der Waals surface area contributed by atoms with Crippen LogP contribution in [-0.4, -0.2) is 23.7 Å². The van der Waals surface area contributed by atoms with Crippen molar-refractivity contribution in [3.63, 3.8) is 0 Å². The first-order chi connectivity index (χ1) is 11.6. The molecule has 0 bridgehead atoms. The number of aromatic nitrogens is 2. The average molecular weight is 366 g/mol. The van der Waals surface area contributed by atoms with Crippen LogP contribution in [0.3, 0.4) is 0 Å². The third kappa shape index (κ3) is 3.19. The Morgan fingerprint density at radius 2 is 2.00 bits per heavy atom. The number of H-pyrrole nitrogens is 1. The van der Waals surface area contributed by atoms with E-state index in [-0.39, 0.29) is 16.4 Å². The Morgan fingerprint density at radius 3 is 2.64 bits per heavy atom. The van der Waals surface area contributed by atoms with Crippen molar-refractivity contribution in [3.05, 3.63) is 40.4 Å². The van der Waals surface area contributed by atoms with Crippen molar-refractivity contribution < 1.29 is 18.7 Å². The molecule has 0 saturated carbocycles. The fourth-order valence-electron chi connectivity index (χ4n) is 2.61. The number of anilines is 1. The van der Waals surface area contributed by atoms with Crippen molar-refractivity contribution in [2.75, 3.05) is 11.9 Å². The van der Waals surface area contributed by atoms with Gasteiger partial charge in [0.1, 0.15) is 17.6 Å². The summed E-state index contributed by atoms with van der Waals surface area (Å²) in [5.74, 6) is -0.545. The van der Waals surface area contributed by atoms with Crippen molar-refractivity contribution in [2.24, 2.45) is 0 Å². The highest BCUT2D eigenvalue weighted by Crippen LogP contribution is 2.33. The number of nitrogens with zero attached hydrogens (tertiary/aromatic N) is 2. The van der Waals surface area contributed by atoms with Crippen LogP contribution in [0.1, 0.15) is 20.8 Å². The second kappa shape index (κ2) is 5.77. The molecule has 0 radical (unpaired) electrons. The molecule has 1 N–H and O–H groups in total. The summed E-state index contributed by atoms with van der Waals surface area (Å²) in [4.78, 5) is 16.5. The number of hydrogen-bond donors (Lipinski definition) is 1. The van der Waals surface area contributed by atoms with Gasteiger partial charge in [0.15, 0.2) is 5.52 Å². The molecule has 3 rings (SSSR count). The van der Waals surface area contributed by atoms with Crippen LogP contribution >= 0.6 is 11.6 Å². The lowest BCUT2D eigenvalue weighted by Crippen LogP contribution is -2.34. The largest absolute Gasteiger partial charge is 0.711 e. The fraction of sp³-hybridized carbons (Fsp3) is 0.294. The van der Waals surface area contributed by atoms with Gasteiger partial charge in [-0.05, 0) is 32.9 Å². The highest BCUT2D eigenvalue weighted by molar-refractivity contribution is 6.31. The standard InChI is InChI=1S/C17H17ClFN3O3/c1-17(2,3)25-16(23)21(4)13-7-10(19)6-11-12-5-9(18)8-22(24)15(12)20-14(11)13/h5-8,20H,1-4H3. The van der Waals surface area contributed by atoms with Gasteiger partial charge in [0.25, 0.3) is 5.65 Å². The Labute approximate surface area is 148 Å². The molecule has 0 aliphatic heterocycles. The molecule has 1 amide bonds. The van der Waals surface area contributed by atoms with Crippen LogP contribution in [0.2, 0.25) is 5.02 Å². The number of rotatable bonds is 1. The number of pyridine rings is 1. The van der Waals surface area contributed by atoms with Crippen LogP contribution in [0, 0.1) is 11.0 Å². The smallest absolute Gasteiger partial charge is 0.414 e. The lowest BCUT2D eigenvalue weighted by Gasteiger charge is -2.24. The molecule has 1 aromatic carbocycles.